The summed E-state index contributed by atoms with van der Waals surface area (Å²) in [6.07, 6.45) is 2.42. The molecule has 3 heterocycles. The van der Waals surface area contributed by atoms with E-state index in [0.717, 1.165) is 11.1 Å². The maximum atomic E-state index is 13.0. The van der Waals surface area contributed by atoms with Crippen LogP contribution in [0.25, 0.3) is 0 Å². The van der Waals surface area contributed by atoms with Gasteiger partial charge in [-0.15, -0.1) is 0 Å². The van der Waals surface area contributed by atoms with E-state index in [-0.39, 0.29) is 24.3 Å². The summed E-state index contributed by atoms with van der Waals surface area (Å²) < 4.78 is 5.48. The molecular weight excluding hydrogens is 414 g/mol. The quantitative estimate of drug-likeness (QED) is 0.682. The molecule has 10 nitrogen and oxygen atoms in total. The van der Waals surface area contributed by atoms with Gasteiger partial charge in [-0.25, -0.2) is 4.79 Å². The van der Waals surface area contributed by atoms with E-state index in [0.29, 0.717) is 24.1 Å². The van der Waals surface area contributed by atoms with Gasteiger partial charge < -0.3 is 15.0 Å². The smallest absolute Gasteiger partial charge is 0.408 e. The van der Waals surface area contributed by atoms with E-state index in [2.05, 4.69) is 20.8 Å². The molecule has 2 aromatic rings. The van der Waals surface area contributed by atoms with Crippen LogP contribution in [0.5, 0.6) is 0 Å². The number of aromatic nitrogens is 2. The van der Waals surface area contributed by atoms with Crippen molar-refractivity contribution in [2.75, 3.05) is 0 Å². The van der Waals surface area contributed by atoms with Gasteiger partial charge in [0.1, 0.15) is 12.1 Å². The van der Waals surface area contributed by atoms with Gasteiger partial charge in [-0.3, -0.25) is 19.7 Å². The second kappa shape index (κ2) is 8.74. The van der Waals surface area contributed by atoms with Crippen LogP contribution in [-0.4, -0.2) is 45.0 Å². The molecule has 1 saturated heterocycles. The van der Waals surface area contributed by atoms with Crippen LogP contribution in [-0.2, 0) is 20.9 Å². The number of carbonyl (C=O) groups excluding carboxylic acids is 4. The molecule has 0 bridgehead atoms. The molecule has 0 aliphatic carbocycles. The number of imide groups is 1. The van der Waals surface area contributed by atoms with E-state index in [1.54, 1.807) is 50.5 Å². The summed E-state index contributed by atoms with van der Waals surface area (Å²) in [5, 5.41) is 12.5. The van der Waals surface area contributed by atoms with Crippen LogP contribution in [0.4, 0.5) is 4.79 Å². The number of nitrogens with zero attached hydrogens (tertiary/aromatic N) is 3. The number of benzene rings is 1. The number of rotatable bonds is 5. The number of hydrogen-bond donors (Lipinski definition) is 2. The number of fused-ring (bicyclic) bond motifs is 1. The van der Waals surface area contributed by atoms with E-state index in [1.165, 1.54) is 4.90 Å². The molecule has 3 unspecified atom stereocenters. The number of amides is 4. The van der Waals surface area contributed by atoms with Crippen molar-refractivity contribution < 1.29 is 23.9 Å². The normalized spacial score (nSPS) is 19.8. The lowest BCUT2D eigenvalue weighted by Crippen LogP contribution is -2.52. The van der Waals surface area contributed by atoms with Crippen LogP contribution >= 0.6 is 0 Å². The van der Waals surface area contributed by atoms with E-state index < -0.39 is 24.1 Å². The highest BCUT2D eigenvalue weighted by Gasteiger charge is 2.39. The van der Waals surface area contributed by atoms with Crippen molar-refractivity contribution in [1.29, 1.82) is 0 Å². The lowest BCUT2D eigenvalue weighted by atomic mass is 10.0. The molecule has 1 aromatic heterocycles. The molecule has 1 fully saturated rings. The largest absolute Gasteiger partial charge is 0.442 e. The summed E-state index contributed by atoms with van der Waals surface area (Å²) >= 11 is 0. The third-order valence-corrected chi connectivity index (χ3v) is 5.75. The van der Waals surface area contributed by atoms with Gasteiger partial charge in [0.2, 0.25) is 11.8 Å². The van der Waals surface area contributed by atoms with Crippen molar-refractivity contribution in [2.45, 2.75) is 51.4 Å². The molecule has 0 saturated carbocycles. The zero-order valence-corrected chi connectivity index (χ0v) is 17.7. The Morgan fingerprint density at radius 3 is 2.72 bits per heavy atom. The first-order valence-electron chi connectivity index (χ1n) is 10.3. The van der Waals surface area contributed by atoms with Crippen molar-refractivity contribution in [2.24, 2.45) is 0 Å². The van der Waals surface area contributed by atoms with Crippen LogP contribution < -0.4 is 10.6 Å². The Kier molecular flexibility index (Phi) is 5.85. The molecule has 0 radical (unpaired) electrons. The predicted molar refractivity (Wildman–Crippen MR) is 111 cm³/mol. The summed E-state index contributed by atoms with van der Waals surface area (Å²) in [6, 6.07) is 6.07. The lowest BCUT2D eigenvalue weighted by Gasteiger charge is -2.29. The molecule has 10 heteroatoms. The van der Waals surface area contributed by atoms with E-state index >= 15 is 0 Å². The zero-order valence-electron chi connectivity index (χ0n) is 17.7. The minimum Gasteiger partial charge on any atom is -0.442 e. The molecule has 3 atom stereocenters. The van der Waals surface area contributed by atoms with E-state index in [4.69, 9.17) is 4.74 Å². The van der Waals surface area contributed by atoms with Gasteiger partial charge in [0, 0.05) is 24.7 Å². The third kappa shape index (κ3) is 4.29. The van der Waals surface area contributed by atoms with Crippen LogP contribution in [0.2, 0.25) is 0 Å². The van der Waals surface area contributed by atoms with E-state index in [1.807, 2.05) is 0 Å². The number of ether oxygens (including phenoxy) is 1. The van der Waals surface area contributed by atoms with Crippen molar-refractivity contribution >= 4 is 23.8 Å². The minimum absolute atomic E-state index is 0.204. The van der Waals surface area contributed by atoms with Gasteiger partial charge in [-0.2, -0.15) is 10.2 Å². The molecule has 166 valence electrons. The Morgan fingerprint density at radius 1 is 1.19 bits per heavy atom. The Bertz CT molecular complexity index is 1070. The predicted octanol–water partition coefficient (Wildman–Crippen LogP) is 1.79. The third-order valence-electron chi connectivity index (χ3n) is 5.75. The lowest BCUT2D eigenvalue weighted by molar-refractivity contribution is -0.136. The van der Waals surface area contributed by atoms with E-state index in [9.17, 15) is 19.2 Å². The van der Waals surface area contributed by atoms with Crippen molar-refractivity contribution in [3.8, 4) is 0 Å². The first kappa shape index (κ1) is 21.4. The second-order valence-electron chi connectivity index (χ2n) is 7.91. The summed E-state index contributed by atoms with van der Waals surface area (Å²) in [5.74, 6) is -1.04. The topological polar surface area (TPSA) is 131 Å². The molecule has 32 heavy (non-hydrogen) atoms. The highest BCUT2D eigenvalue weighted by atomic mass is 16.6. The Balaban J connectivity index is 1.41. The Labute approximate surface area is 184 Å². The second-order valence-corrected chi connectivity index (χ2v) is 7.91. The number of alkyl carbamates (subject to hydrolysis) is 1. The molecule has 1 aromatic carbocycles. The molecule has 4 amide bonds. The van der Waals surface area contributed by atoms with Crippen LogP contribution in [0.3, 0.4) is 0 Å². The number of hydrogen-bond acceptors (Lipinski definition) is 7. The number of carbonyl (C=O) groups is 4. The average molecular weight is 437 g/mol. The maximum Gasteiger partial charge on any atom is 0.408 e. The SMILES string of the molecule is CC(NC(=O)OC(C)c1ccc2c(c1)C(=O)N(C1CCC(=O)NC1=O)C2)c1ccnnc1. The number of piperidine rings is 1. The van der Waals surface area contributed by atoms with Crippen molar-refractivity contribution in [3.63, 3.8) is 0 Å². The van der Waals surface area contributed by atoms with Gasteiger partial charge >= 0.3 is 6.09 Å². The first-order valence-corrected chi connectivity index (χ1v) is 10.3. The summed E-state index contributed by atoms with van der Waals surface area (Å²) in [5.41, 5.74) is 2.72. The zero-order chi connectivity index (χ0) is 22.8. The van der Waals surface area contributed by atoms with Crippen molar-refractivity contribution in [3.05, 3.63) is 58.9 Å². The van der Waals surface area contributed by atoms with Gasteiger partial charge in [-0.1, -0.05) is 12.1 Å². The van der Waals surface area contributed by atoms with Crippen LogP contribution in [0.15, 0.2) is 36.7 Å². The summed E-state index contributed by atoms with van der Waals surface area (Å²) in [4.78, 5) is 50.3. The monoisotopic (exact) mass is 437 g/mol. The Hall–Kier alpha value is -3.82. The molecular formula is C22H23N5O5. The molecule has 2 aliphatic heterocycles. The standard InChI is InChI=1S/C22H23N5O5/c1-12(15-7-8-23-24-10-15)25-22(31)32-13(2)14-3-4-16-11-27(21(30)17(16)9-14)18-5-6-19(28)26-20(18)29/h3-4,7-10,12-13,18H,5-6,11H2,1-2H3,(H,25,31)(H,26,28,29). The fourth-order valence-electron chi connectivity index (χ4n) is 3.90. The van der Waals surface area contributed by atoms with Crippen molar-refractivity contribution in [1.82, 2.24) is 25.7 Å². The van der Waals surface area contributed by atoms with Crippen LogP contribution in [0, 0.1) is 0 Å². The maximum absolute atomic E-state index is 13.0. The minimum atomic E-state index is -0.667. The van der Waals surface area contributed by atoms with Crippen LogP contribution in [0.1, 0.15) is 65.9 Å². The highest BCUT2D eigenvalue weighted by Crippen LogP contribution is 2.30. The fraction of sp³-hybridized carbons (Fsp3) is 0.364. The van der Waals surface area contributed by atoms with Gasteiger partial charge in [0.15, 0.2) is 0 Å². The summed E-state index contributed by atoms with van der Waals surface area (Å²) in [6.45, 7) is 3.83. The first-order chi connectivity index (χ1) is 15.3. The van der Waals surface area contributed by atoms with Gasteiger partial charge in [-0.05, 0) is 49.1 Å². The number of nitrogens with one attached hydrogen (secondary N) is 2. The average Bonchev–Trinajstić information content (AvgIpc) is 3.10. The summed E-state index contributed by atoms with van der Waals surface area (Å²) in [7, 11) is 0. The highest BCUT2D eigenvalue weighted by molar-refractivity contribution is 6.05. The van der Waals surface area contributed by atoms with Gasteiger partial charge in [0.05, 0.1) is 12.2 Å². The fourth-order valence-corrected chi connectivity index (χ4v) is 3.90. The van der Waals surface area contributed by atoms with Gasteiger partial charge in [0.25, 0.3) is 5.91 Å². The molecule has 2 aliphatic rings. The molecule has 4 rings (SSSR count). The molecule has 2 N–H and O–H groups in total. The molecule has 0 spiro atoms. The Morgan fingerprint density at radius 2 is 2.00 bits per heavy atom.